The van der Waals surface area contributed by atoms with Crippen LogP contribution in [0.1, 0.15) is 23.1 Å². The fraction of sp³-hybridized carbons (Fsp3) is 0.350. The molecule has 134 valence electrons. The zero-order valence-corrected chi connectivity index (χ0v) is 15.2. The highest BCUT2D eigenvalue weighted by Gasteiger charge is 2.07. The van der Waals surface area contributed by atoms with E-state index in [4.69, 9.17) is 14.2 Å². The van der Waals surface area contributed by atoms with E-state index in [0.717, 1.165) is 22.4 Å². The summed E-state index contributed by atoms with van der Waals surface area (Å²) in [6.45, 7) is 4.83. The third kappa shape index (κ3) is 5.71. The second kappa shape index (κ2) is 8.97. The summed E-state index contributed by atoms with van der Waals surface area (Å²) in [5, 5.41) is 2.88. The number of hydrogen-bond acceptors (Lipinski definition) is 4. The molecule has 0 unspecified atom stereocenters. The fourth-order valence-electron chi connectivity index (χ4n) is 2.56. The summed E-state index contributed by atoms with van der Waals surface area (Å²) in [6.07, 6.45) is 0.306. The van der Waals surface area contributed by atoms with Crippen molar-refractivity contribution in [2.45, 2.75) is 26.8 Å². The molecule has 0 fully saturated rings. The van der Waals surface area contributed by atoms with E-state index in [1.165, 1.54) is 0 Å². The minimum absolute atomic E-state index is 0.0563. The quantitative estimate of drug-likeness (QED) is 0.798. The Morgan fingerprint density at radius 2 is 1.64 bits per heavy atom. The second-order valence-corrected chi connectivity index (χ2v) is 5.89. The first kappa shape index (κ1) is 18.6. The van der Waals surface area contributed by atoms with Gasteiger partial charge in [-0.15, -0.1) is 0 Å². The van der Waals surface area contributed by atoms with Gasteiger partial charge in [0.25, 0.3) is 0 Å². The van der Waals surface area contributed by atoms with Crippen molar-refractivity contribution in [1.29, 1.82) is 0 Å². The van der Waals surface area contributed by atoms with E-state index in [2.05, 4.69) is 11.4 Å². The monoisotopic (exact) mass is 343 g/mol. The maximum atomic E-state index is 12.0. The Bertz CT molecular complexity index is 707. The van der Waals surface area contributed by atoms with Gasteiger partial charge in [0.1, 0.15) is 5.75 Å². The summed E-state index contributed by atoms with van der Waals surface area (Å²) in [5.74, 6) is 2.05. The number of methoxy groups -OCH3 is 2. The molecule has 5 heteroatoms. The standard InChI is InChI=1S/C20H25NO4/c1-14-9-15(2)11-17(10-14)25-8-7-20(22)21-13-16-5-6-18(23-3)19(12-16)24-4/h5-6,9-12H,7-8,13H2,1-4H3,(H,21,22). The number of benzene rings is 2. The van der Waals surface area contributed by atoms with E-state index in [0.29, 0.717) is 31.1 Å². The SMILES string of the molecule is COc1ccc(CNC(=O)CCOc2cc(C)cc(C)c2)cc1OC. The number of amides is 1. The molecule has 0 bridgehead atoms. The maximum Gasteiger partial charge on any atom is 0.223 e. The fourth-order valence-corrected chi connectivity index (χ4v) is 2.56. The van der Waals surface area contributed by atoms with E-state index in [-0.39, 0.29) is 5.91 Å². The first-order valence-corrected chi connectivity index (χ1v) is 8.20. The zero-order chi connectivity index (χ0) is 18.2. The van der Waals surface area contributed by atoms with Crippen LogP contribution in [0.15, 0.2) is 36.4 Å². The first-order valence-electron chi connectivity index (χ1n) is 8.20. The Morgan fingerprint density at radius 3 is 2.28 bits per heavy atom. The molecule has 1 amide bonds. The highest BCUT2D eigenvalue weighted by Crippen LogP contribution is 2.27. The lowest BCUT2D eigenvalue weighted by atomic mass is 10.1. The molecule has 0 aromatic heterocycles. The average Bonchev–Trinajstić information content (AvgIpc) is 2.58. The highest BCUT2D eigenvalue weighted by atomic mass is 16.5. The molecule has 2 rings (SSSR count). The van der Waals surface area contributed by atoms with Gasteiger partial charge in [-0.1, -0.05) is 12.1 Å². The summed E-state index contributed by atoms with van der Waals surface area (Å²) in [5.41, 5.74) is 3.24. The minimum atomic E-state index is -0.0563. The van der Waals surface area contributed by atoms with Crippen LogP contribution in [0.3, 0.4) is 0 Å². The Morgan fingerprint density at radius 1 is 0.960 bits per heavy atom. The second-order valence-electron chi connectivity index (χ2n) is 5.89. The van der Waals surface area contributed by atoms with Gasteiger partial charge in [-0.2, -0.15) is 0 Å². The molecule has 1 N–H and O–H groups in total. The summed E-state index contributed by atoms with van der Waals surface area (Å²) in [7, 11) is 3.18. The van der Waals surface area contributed by atoms with E-state index in [1.807, 2.05) is 44.2 Å². The summed E-state index contributed by atoms with van der Waals surface area (Å²) >= 11 is 0. The highest BCUT2D eigenvalue weighted by molar-refractivity contribution is 5.76. The van der Waals surface area contributed by atoms with E-state index < -0.39 is 0 Å². The van der Waals surface area contributed by atoms with Crippen molar-refractivity contribution < 1.29 is 19.0 Å². The van der Waals surface area contributed by atoms with E-state index >= 15 is 0 Å². The van der Waals surface area contributed by atoms with Crippen LogP contribution in [-0.2, 0) is 11.3 Å². The summed E-state index contributed by atoms with van der Waals surface area (Å²) < 4.78 is 16.1. The van der Waals surface area contributed by atoms with Gasteiger partial charge in [-0.25, -0.2) is 0 Å². The zero-order valence-electron chi connectivity index (χ0n) is 15.2. The van der Waals surface area contributed by atoms with Crippen LogP contribution >= 0.6 is 0 Å². The Hall–Kier alpha value is -2.69. The van der Waals surface area contributed by atoms with Gasteiger partial charge in [0, 0.05) is 6.54 Å². The van der Waals surface area contributed by atoms with Crippen molar-refractivity contribution in [2.75, 3.05) is 20.8 Å². The number of carbonyl (C=O) groups is 1. The maximum absolute atomic E-state index is 12.0. The van der Waals surface area contributed by atoms with Crippen LogP contribution in [0, 0.1) is 13.8 Å². The van der Waals surface area contributed by atoms with E-state index in [1.54, 1.807) is 14.2 Å². The lowest BCUT2D eigenvalue weighted by Crippen LogP contribution is -2.24. The topological polar surface area (TPSA) is 56.8 Å². The van der Waals surface area contributed by atoms with Gasteiger partial charge in [0.15, 0.2) is 11.5 Å². The number of carbonyl (C=O) groups excluding carboxylic acids is 1. The van der Waals surface area contributed by atoms with Crippen LogP contribution < -0.4 is 19.5 Å². The molecule has 2 aromatic rings. The molecule has 2 aromatic carbocycles. The van der Waals surface area contributed by atoms with Gasteiger partial charge < -0.3 is 19.5 Å². The lowest BCUT2D eigenvalue weighted by Gasteiger charge is -2.11. The van der Waals surface area contributed by atoms with Crippen molar-refractivity contribution in [3.8, 4) is 17.2 Å². The molecule has 0 aliphatic rings. The van der Waals surface area contributed by atoms with Crippen LogP contribution in [0.25, 0.3) is 0 Å². The molecule has 0 atom stereocenters. The summed E-state index contributed by atoms with van der Waals surface area (Å²) in [4.78, 5) is 12.0. The number of ether oxygens (including phenoxy) is 3. The Balaban J connectivity index is 1.79. The van der Waals surface area contributed by atoms with Gasteiger partial charge in [-0.05, 0) is 54.8 Å². The smallest absolute Gasteiger partial charge is 0.223 e. The lowest BCUT2D eigenvalue weighted by molar-refractivity contribution is -0.121. The van der Waals surface area contributed by atoms with Gasteiger partial charge in [0.2, 0.25) is 5.91 Å². The normalized spacial score (nSPS) is 10.2. The third-order valence-electron chi connectivity index (χ3n) is 3.73. The van der Waals surface area contributed by atoms with Crippen molar-refractivity contribution in [2.24, 2.45) is 0 Å². The molecule has 0 spiro atoms. The molecule has 0 aliphatic carbocycles. The van der Waals surface area contributed by atoms with Gasteiger partial charge in [-0.3, -0.25) is 4.79 Å². The summed E-state index contributed by atoms with van der Waals surface area (Å²) in [6, 6.07) is 11.6. The average molecular weight is 343 g/mol. The molecule has 0 aliphatic heterocycles. The van der Waals surface area contributed by atoms with Gasteiger partial charge >= 0.3 is 0 Å². The molecule has 5 nitrogen and oxygen atoms in total. The number of nitrogens with one attached hydrogen (secondary N) is 1. The van der Waals surface area contributed by atoms with Crippen LogP contribution in [0.2, 0.25) is 0 Å². The number of hydrogen-bond donors (Lipinski definition) is 1. The number of rotatable bonds is 8. The molecular weight excluding hydrogens is 318 g/mol. The van der Waals surface area contributed by atoms with Crippen LogP contribution in [0.5, 0.6) is 17.2 Å². The number of aryl methyl sites for hydroxylation is 2. The Kier molecular flexibility index (Phi) is 6.69. The third-order valence-corrected chi connectivity index (χ3v) is 3.73. The molecular formula is C20H25NO4. The predicted molar refractivity (Wildman–Crippen MR) is 97.4 cm³/mol. The van der Waals surface area contributed by atoms with Crippen molar-refractivity contribution in [1.82, 2.24) is 5.32 Å². The van der Waals surface area contributed by atoms with Crippen molar-refractivity contribution >= 4 is 5.91 Å². The van der Waals surface area contributed by atoms with Crippen LogP contribution in [0.4, 0.5) is 0 Å². The van der Waals surface area contributed by atoms with Crippen molar-refractivity contribution in [3.05, 3.63) is 53.1 Å². The molecule has 0 heterocycles. The minimum Gasteiger partial charge on any atom is -0.493 e. The Labute approximate surface area is 148 Å². The van der Waals surface area contributed by atoms with E-state index in [9.17, 15) is 4.79 Å². The van der Waals surface area contributed by atoms with Gasteiger partial charge in [0.05, 0.1) is 27.2 Å². The first-order chi connectivity index (χ1) is 12.0. The molecule has 25 heavy (non-hydrogen) atoms. The molecule has 0 saturated carbocycles. The van der Waals surface area contributed by atoms with Crippen LogP contribution in [-0.4, -0.2) is 26.7 Å². The predicted octanol–water partition coefficient (Wildman–Crippen LogP) is 3.41. The molecule has 0 radical (unpaired) electrons. The van der Waals surface area contributed by atoms with Crippen molar-refractivity contribution in [3.63, 3.8) is 0 Å². The molecule has 0 saturated heterocycles. The largest absolute Gasteiger partial charge is 0.493 e.